The van der Waals surface area contributed by atoms with Gasteiger partial charge in [-0.15, -0.1) is 0 Å². The maximum atomic E-state index is 9.42. The van der Waals surface area contributed by atoms with Gasteiger partial charge in [-0.2, -0.15) is 4.98 Å². The molecule has 80 valence electrons. The summed E-state index contributed by atoms with van der Waals surface area (Å²) in [6.07, 6.45) is 0.797. The molecule has 1 unspecified atom stereocenters. The third-order valence-corrected chi connectivity index (χ3v) is 1.70. The van der Waals surface area contributed by atoms with Crippen LogP contribution in [0.2, 0.25) is 0 Å². The Morgan fingerprint density at radius 1 is 1.71 bits per heavy atom. The van der Waals surface area contributed by atoms with Gasteiger partial charge in [-0.3, -0.25) is 4.90 Å². The average Bonchev–Trinajstić information content (AvgIpc) is 2.56. The zero-order valence-electron chi connectivity index (χ0n) is 8.38. The molecule has 1 N–H and O–H groups in total. The summed E-state index contributed by atoms with van der Waals surface area (Å²) in [5.41, 5.74) is 0. The number of nitrogens with zero attached hydrogens (tertiary/aromatic N) is 3. The Kier molecular flexibility index (Phi) is 4.51. The van der Waals surface area contributed by atoms with Gasteiger partial charge in [-0.05, 0) is 7.05 Å². The molecular weight excluding hydrogens is 186 g/mol. The van der Waals surface area contributed by atoms with Gasteiger partial charge in [0.2, 0.25) is 6.39 Å². The number of rotatable bonds is 6. The Balaban J connectivity index is 2.25. The quantitative estimate of drug-likeness (QED) is 0.669. The van der Waals surface area contributed by atoms with Gasteiger partial charge < -0.3 is 14.4 Å². The Hall–Kier alpha value is -0.980. The second-order valence-electron chi connectivity index (χ2n) is 3.15. The van der Waals surface area contributed by atoms with Crippen molar-refractivity contribution in [3.05, 3.63) is 12.2 Å². The highest BCUT2D eigenvalue weighted by Gasteiger charge is 2.09. The molecule has 0 saturated carbocycles. The summed E-state index contributed by atoms with van der Waals surface area (Å²) in [7, 11) is 3.43. The lowest BCUT2D eigenvalue weighted by Gasteiger charge is -2.18. The van der Waals surface area contributed by atoms with Crippen molar-refractivity contribution in [1.29, 1.82) is 0 Å². The van der Waals surface area contributed by atoms with Gasteiger partial charge in [0.1, 0.15) is 0 Å². The SMILES string of the molecule is COCC(O)CN(C)Cc1ncon1. The number of methoxy groups -OCH3 is 1. The number of hydrogen-bond acceptors (Lipinski definition) is 6. The highest BCUT2D eigenvalue weighted by molar-refractivity contribution is 4.77. The Bertz CT molecular complexity index is 240. The summed E-state index contributed by atoms with van der Waals surface area (Å²) < 4.78 is 9.41. The topological polar surface area (TPSA) is 71.6 Å². The molecule has 1 aromatic heterocycles. The van der Waals surface area contributed by atoms with Crippen molar-refractivity contribution in [2.75, 3.05) is 27.3 Å². The molecule has 0 amide bonds. The van der Waals surface area contributed by atoms with Crippen LogP contribution < -0.4 is 0 Å². The molecule has 1 rings (SSSR count). The van der Waals surface area contributed by atoms with Crippen LogP contribution in [0.3, 0.4) is 0 Å². The molecule has 1 atom stereocenters. The summed E-state index contributed by atoms with van der Waals surface area (Å²) in [6, 6.07) is 0. The van der Waals surface area contributed by atoms with Crippen LogP contribution in [0.15, 0.2) is 10.9 Å². The number of likely N-dealkylation sites (N-methyl/N-ethyl adjacent to an activating group) is 1. The van der Waals surface area contributed by atoms with Gasteiger partial charge in [-0.1, -0.05) is 5.16 Å². The minimum absolute atomic E-state index is 0.330. The molecule has 0 aromatic carbocycles. The van der Waals surface area contributed by atoms with Crippen LogP contribution in [-0.4, -0.2) is 53.6 Å². The fraction of sp³-hybridized carbons (Fsp3) is 0.750. The first-order valence-corrected chi connectivity index (χ1v) is 4.33. The standard InChI is InChI=1S/C8H15N3O3/c1-11(3-7(12)5-13-2)4-8-9-6-14-10-8/h6-7,12H,3-5H2,1-2H3. The molecular formula is C8H15N3O3. The van der Waals surface area contributed by atoms with E-state index in [1.54, 1.807) is 7.11 Å². The minimum atomic E-state index is -0.489. The molecule has 0 radical (unpaired) electrons. The van der Waals surface area contributed by atoms with Crippen LogP contribution >= 0.6 is 0 Å². The zero-order valence-corrected chi connectivity index (χ0v) is 8.38. The summed E-state index contributed by atoms with van der Waals surface area (Å²) in [4.78, 5) is 5.77. The third-order valence-electron chi connectivity index (χ3n) is 1.70. The van der Waals surface area contributed by atoms with Crippen molar-refractivity contribution in [1.82, 2.24) is 15.0 Å². The second kappa shape index (κ2) is 5.69. The summed E-state index contributed by atoms with van der Waals surface area (Å²) in [5, 5.41) is 13.1. The summed E-state index contributed by atoms with van der Waals surface area (Å²) >= 11 is 0. The maximum absolute atomic E-state index is 9.42. The molecule has 0 aliphatic heterocycles. The molecule has 0 fully saturated rings. The Morgan fingerprint density at radius 2 is 2.50 bits per heavy atom. The highest BCUT2D eigenvalue weighted by Crippen LogP contribution is 1.97. The van der Waals surface area contributed by atoms with E-state index in [2.05, 4.69) is 14.7 Å². The highest BCUT2D eigenvalue weighted by atomic mass is 16.5. The van der Waals surface area contributed by atoms with Gasteiger partial charge in [-0.25, -0.2) is 0 Å². The van der Waals surface area contributed by atoms with Crippen LogP contribution in [0.5, 0.6) is 0 Å². The first-order chi connectivity index (χ1) is 6.72. The molecule has 1 heterocycles. The number of hydrogen-bond donors (Lipinski definition) is 1. The van der Waals surface area contributed by atoms with Gasteiger partial charge in [0.05, 0.1) is 19.3 Å². The monoisotopic (exact) mass is 201 g/mol. The van der Waals surface area contributed by atoms with E-state index in [0.29, 0.717) is 25.5 Å². The molecule has 6 heteroatoms. The molecule has 1 aromatic rings. The van der Waals surface area contributed by atoms with Crippen molar-refractivity contribution in [2.24, 2.45) is 0 Å². The van der Waals surface area contributed by atoms with Crippen molar-refractivity contribution < 1.29 is 14.4 Å². The van der Waals surface area contributed by atoms with Crippen LogP contribution in [-0.2, 0) is 11.3 Å². The number of aliphatic hydroxyl groups excluding tert-OH is 1. The second-order valence-corrected chi connectivity index (χ2v) is 3.15. The van der Waals surface area contributed by atoms with Crippen LogP contribution in [0.1, 0.15) is 5.82 Å². The van der Waals surface area contributed by atoms with Gasteiger partial charge >= 0.3 is 0 Å². The molecule has 0 saturated heterocycles. The lowest BCUT2D eigenvalue weighted by atomic mass is 10.3. The molecule has 14 heavy (non-hydrogen) atoms. The van der Waals surface area contributed by atoms with Gasteiger partial charge in [0.15, 0.2) is 5.82 Å². The van der Waals surface area contributed by atoms with E-state index in [0.717, 1.165) is 0 Å². The van der Waals surface area contributed by atoms with Crippen molar-refractivity contribution in [3.8, 4) is 0 Å². The first-order valence-electron chi connectivity index (χ1n) is 4.33. The number of ether oxygens (including phenoxy) is 1. The Morgan fingerprint density at radius 3 is 3.07 bits per heavy atom. The normalized spacial score (nSPS) is 13.4. The van der Waals surface area contributed by atoms with Gasteiger partial charge in [0, 0.05) is 13.7 Å². The number of aliphatic hydroxyl groups is 1. The zero-order chi connectivity index (χ0) is 10.4. The largest absolute Gasteiger partial charge is 0.389 e. The predicted octanol–water partition coefficient (Wildman–Crippen LogP) is -0.491. The lowest BCUT2D eigenvalue weighted by Crippen LogP contribution is -2.31. The molecule has 0 bridgehead atoms. The average molecular weight is 201 g/mol. The van der Waals surface area contributed by atoms with E-state index in [9.17, 15) is 5.11 Å². The van der Waals surface area contributed by atoms with Crippen LogP contribution in [0.4, 0.5) is 0 Å². The fourth-order valence-corrected chi connectivity index (χ4v) is 1.17. The minimum Gasteiger partial charge on any atom is -0.389 e. The molecule has 6 nitrogen and oxygen atoms in total. The summed E-state index contributed by atoms with van der Waals surface area (Å²) in [5.74, 6) is 0.608. The van der Waals surface area contributed by atoms with E-state index in [-0.39, 0.29) is 0 Å². The molecule has 0 aliphatic rings. The predicted molar refractivity (Wildman–Crippen MR) is 48.5 cm³/mol. The van der Waals surface area contributed by atoms with E-state index in [1.165, 1.54) is 6.39 Å². The van der Waals surface area contributed by atoms with Crippen molar-refractivity contribution in [3.63, 3.8) is 0 Å². The van der Waals surface area contributed by atoms with E-state index < -0.39 is 6.10 Å². The Labute approximate surface area is 82.5 Å². The first kappa shape index (κ1) is 11.1. The van der Waals surface area contributed by atoms with Crippen molar-refractivity contribution in [2.45, 2.75) is 12.6 Å². The van der Waals surface area contributed by atoms with Crippen molar-refractivity contribution >= 4 is 0 Å². The third kappa shape index (κ3) is 3.82. The van der Waals surface area contributed by atoms with E-state index >= 15 is 0 Å². The van der Waals surface area contributed by atoms with Gasteiger partial charge in [0.25, 0.3) is 0 Å². The lowest BCUT2D eigenvalue weighted by molar-refractivity contribution is 0.0413. The van der Waals surface area contributed by atoms with E-state index in [4.69, 9.17) is 4.74 Å². The number of aromatic nitrogens is 2. The molecule has 0 spiro atoms. The maximum Gasteiger partial charge on any atom is 0.213 e. The smallest absolute Gasteiger partial charge is 0.213 e. The fourth-order valence-electron chi connectivity index (χ4n) is 1.17. The van der Waals surface area contributed by atoms with Crippen LogP contribution in [0.25, 0.3) is 0 Å². The van der Waals surface area contributed by atoms with E-state index in [1.807, 2.05) is 11.9 Å². The summed E-state index contributed by atoms with van der Waals surface area (Å²) in [6.45, 7) is 1.40. The van der Waals surface area contributed by atoms with Crippen LogP contribution in [0, 0.1) is 0 Å². The molecule has 0 aliphatic carbocycles.